The Labute approximate surface area is 240 Å². The molecule has 0 aliphatic carbocycles. The van der Waals surface area contributed by atoms with Gasteiger partial charge in [0, 0.05) is 36.1 Å². The van der Waals surface area contributed by atoms with Crippen LogP contribution in [-0.4, -0.2) is 99.4 Å². The third kappa shape index (κ3) is 7.54. The summed E-state index contributed by atoms with van der Waals surface area (Å²) in [5.41, 5.74) is 2.95. The second-order valence-corrected chi connectivity index (χ2v) is 11.0. The molecule has 1 N–H and O–H groups in total. The second kappa shape index (κ2) is 13.2. The van der Waals surface area contributed by atoms with Gasteiger partial charge in [-0.2, -0.15) is 13.2 Å². The number of ether oxygens (including phenoxy) is 2. The maximum atomic E-state index is 13.8. The minimum Gasteiger partial charge on any atom is -0.493 e. The maximum absolute atomic E-state index is 13.8. The number of hydrogen-bond acceptors (Lipinski definition) is 5. The average molecular weight is 575 g/mol. The first-order valence-corrected chi connectivity index (χ1v) is 14.1. The lowest BCUT2D eigenvalue weighted by Gasteiger charge is -2.33. The van der Waals surface area contributed by atoms with E-state index in [0.29, 0.717) is 53.3 Å². The summed E-state index contributed by atoms with van der Waals surface area (Å²) in [6, 6.07) is 11.0. The number of fused-ring (bicyclic) bond motifs is 1. The number of hydrogen-bond donors (Lipinski definition) is 1. The van der Waals surface area contributed by atoms with Crippen LogP contribution in [0.1, 0.15) is 36.8 Å². The zero-order chi connectivity index (χ0) is 29.7. The Morgan fingerprint density at radius 3 is 2.34 bits per heavy atom. The van der Waals surface area contributed by atoms with Gasteiger partial charge >= 0.3 is 6.18 Å². The van der Waals surface area contributed by atoms with Crippen LogP contribution >= 0.6 is 0 Å². The van der Waals surface area contributed by atoms with Gasteiger partial charge in [-0.15, -0.1) is 0 Å². The summed E-state index contributed by atoms with van der Waals surface area (Å²) in [5.74, 6) is 1.32. The van der Waals surface area contributed by atoms with Crippen LogP contribution in [0.3, 0.4) is 0 Å². The van der Waals surface area contributed by atoms with E-state index < -0.39 is 12.6 Å². The average Bonchev–Trinajstić information content (AvgIpc) is 3.29. The van der Waals surface area contributed by atoms with Crippen LogP contribution in [0.4, 0.5) is 13.2 Å². The molecule has 7 nitrogen and oxygen atoms in total. The summed E-state index contributed by atoms with van der Waals surface area (Å²) in [4.78, 5) is 22.2. The third-order valence-corrected chi connectivity index (χ3v) is 7.95. The van der Waals surface area contributed by atoms with E-state index in [1.807, 2.05) is 44.1 Å². The van der Waals surface area contributed by atoms with Crippen molar-refractivity contribution < 1.29 is 27.4 Å². The number of piperidine rings is 1. The molecule has 3 aromatic rings. The minimum absolute atomic E-state index is 0.140. The van der Waals surface area contributed by atoms with Gasteiger partial charge in [-0.1, -0.05) is 6.07 Å². The van der Waals surface area contributed by atoms with Gasteiger partial charge in [-0.3, -0.25) is 9.69 Å². The predicted octanol–water partition coefficient (Wildman–Crippen LogP) is 5.55. The molecule has 10 heteroatoms. The lowest BCUT2D eigenvalue weighted by Crippen LogP contribution is -2.44. The quantitative estimate of drug-likeness (QED) is 0.326. The predicted molar refractivity (Wildman–Crippen MR) is 156 cm³/mol. The number of rotatable bonds is 11. The number of likely N-dealkylation sites (N-methyl/N-ethyl adjacent to an activating group) is 2. The smallest absolute Gasteiger partial charge is 0.393 e. The van der Waals surface area contributed by atoms with E-state index in [1.165, 1.54) is 14.2 Å². The van der Waals surface area contributed by atoms with Crippen molar-refractivity contribution in [1.82, 2.24) is 19.7 Å². The molecule has 0 unspecified atom stereocenters. The van der Waals surface area contributed by atoms with E-state index in [0.717, 1.165) is 38.0 Å². The molecular formula is C31H41F3N4O3. The van der Waals surface area contributed by atoms with Crippen molar-refractivity contribution in [3.05, 3.63) is 47.5 Å². The van der Waals surface area contributed by atoms with E-state index in [9.17, 15) is 18.0 Å². The zero-order valence-electron chi connectivity index (χ0n) is 24.6. The molecule has 1 fully saturated rings. The van der Waals surface area contributed by atoms with Crippen LogP contribution in [0.5, 0.6) is 11.5 Å². The number of halogens is 3. The number of carbonyl (C=O) groups excluding carboxylic acids is 1. The van der Waals surface area contributed by atoms with Crippen LogP contribution in [0.25, 0.3) is 22.2 Å². The topological polar surface area (TPSA) is 61.0 Å². The normalized spacial score (nSPS) is 15.0. The Bertz CT molecular complexity index is 1330. The Hall–Kier alpha value is -3.24. The van der Waals surface area contributed by atoms with Crippen molar-refractivity contribution in [2.75, 3.05) is 67.6 Å². The second-order valence-electron chi connectivity index (χ2n) is 11.0. The van der Waals surface area contributed by atoms with Gasteiger partial charge < -0.3 is 24.3 Å². The number of alkyl halides is 3. The summed E-state index contributed by atoms with van der Waals surface area (Å²) >= 11 is 0. The largest absolute Gasteiger partial charge is 0.493 e. The van der Waals surface area contributed by atoms with Crippen molar-refractivity contribution in [3.8, 4) is 22.8 Å². The fourth-order valence-corrected chi connectivity index (χ4v) is 5.64. The van der Waals surface area contributed by atoms with Crippen molar-refractivity contribution >= 4 is 16.8 Å². The number of nitrogens with one attached hydrogen (secondary N) is 1. The van der Waals surface area contributed by atoms with Gasteiger partial charge in [0.2, 0.25) is 5.91 Å². The molecular weight excluding hydrogens is 533 g/mol. The highest BCUT2D eigenvalue weighted by molar-refractivity contribution is 5.91. The first-order chi connectivity index (χ1) is 19.5. The van der Waals surface area contributed by atoms with E-state index in [-0.39, 0.29) is 17.4 Å². The lowest BCUT2D eigenvalue weighted by atomic mass is 9.88. The fraction of sp³-hybridized carbons (Fsp3) is 0.516. The van der Waals surface area contributed by atoms with Crippen molar-refractivity contribution in [3.63, 3.8) is 0 Å². The number of H-pyrrole nitrogens is 1. The van der Waals surface area contributed by atoms with Crippen LogP contribution in [0, 0.1) is 0 Å². The molecule has 2 heterocycles. The highest BCUT2D eigenvalue weighted by Crippen LogP contribution is 2.40. The van der Waals surface area contributed by atoms with Crippen LogP contribution < -0.4 is 9.47 Å². The third-order valence-electron chi connectivity index (χ3n) is 7.95. The Kier molecular flexibility index (Phi) is 9.86. The molecule has 0 saturated carbocycles. The molecule has 0 bridgehead atoms. The molecule has 0 atom stereocenters. The van der Waals surface area contributed by atoms with Gasteiger partial charge in [0.15, 0.2) is 11.5 Å². The van der Waals surface area contributed by atoms with E-state index in [1.54, 1.807) is 18.2 Å². The first kappa shape index (κ1) is 30.7. The molecule has 224 valence electrons. The Morgan fingerprint density at radius 1 is 1.02 bits per heavy atom. The molecule has 1 aliphatic heterocycles. The number of methoxy groups -OCH3 is 2. The van der Waals surface area contributed by atoms with Crippen LogP contribution in [0.15, 0.2) is 36.4 Å². The molecule has 0 radical (unpaired) electrons. The molecule has 4 rings (SSSR count). The van der Waals surface area contributed by atoms with Gasteiger partial charge in [0.05, 0.1) is 32.9 Å². The monoisotopic (exact) mass is 574 g/mol. The highest BCUT2D eigenvalue weighted by atomic mass is 19.4. The van der Waals surface area contributed by atoms with Gasteiger partial charge in [-0.05, 0) is 94.3 Å². The van der Waals surface area contributed by atoms with E-state index in [4.69, 9.17) is 9.47 Å². The summed E-state index contributed by atoms with van der Waals surface area (Å²) in [7, 11) is 7.02. The molecule has 2 aromatic carbocycles. The maximum Gasteiger partial charge on any atom is 0.393 e. The molecule has 1 aromatic heterocycles. The molecule has 1 amide bonds. The van der Waals surface area contributed by atoms with Gasteiger partial charge in [0.1, 0.15) is 0 Å². The van der Waals surface area contributed by atoms with Crippen LogP contribution in [-0.2, 0) is 11.2 Å². The van der Waals surface area contributed by atoms with E-state index >= 15 is 0 Å². The Balaban J connectivity index is 1.54. The lowest BCUT2D eigenvalue weighted by molar-refractivity contribution is -0.132. The zero-order valence-corrected chi connectivity index (χ0v) is 24.6. The van der Waals surface area contributed by atoms with Crippen molar-refractivity contribution in [2.45, 2.75) is 38.3 Å². The number of likely N-dealkylation sites (tertiary alicyclic amines) is 1. The van der Waals surface area contributed by atoms with E-state index in [2.05, 4.69) is 14.8 Å². The van der Waals surface area contributed by atoms with Crippen molar-refractivity contribution in [1.29, 1.82) is 0 Å². The van der Waals surface area contributed by atoms with Gasteiger partial charge in [0.25, 0.3) is 0 Å². The van der Waals surface area contributed by atoms with Gasteiger partial charge in [-0.25, -0.2) is 0 Å². The number of benzene rings is 2. The first-order valence-electron chi connectivity index (χ1n) is 14.1. The SMILES string of the molecule is CCN(CCN(C)C)C(=O)CN1CCC(c2ccc3[nH]c(-c4ccc(OC)c(OC)c4)c(CC(F)(F)F)c3c2)CC1. The fourth-order valence-electron chi connectivity index (χ4n) is 5.64. The molecule has 1 aliphatic rings. The summed E-state index contributed by atoms with van der Waals surface area (Å²) in [6.07, 6.45) is -3.70. The number of nitrogens with zero attached hydrogens (tertiary/aromatic N) is 3. The molecule has 0 spiro atoms. The Morgan fingerprint density at radius 2 is 1.73 bits per heavy atom. The number of aromatic nitrogens is 1. The van der Waals surface area contributed by atoms with Crippen molar-refractivity contribution in [2.24, 2.45) is 0 Å². The number of carbonyl (C=O) groups is 1. The summed E-state index contributed by atoms with van der Waals surface area (Å²) in [5, 5.41) is 0.585. The number of aromatic amines is 1. The number of amides is 1. The summed E-state index contributed by atoms with van der Waals surface area (Å²) in [6.45, 7) is 6.17. The summed E-state index contributed by atoms with van der Waals surface area (Å²) < 4.78 is 52.0. The minimum atomic E-state index is -4.37. The molecule has 41 heavy (non-hydrogen) atoms. The highest BCUT2D eigenvalue weighted by Gasteiger charge is 2.32. The van der Waals surface area contributed by atoms with Crippen LogP contribution in [0.2, 0.25) is 0 Å². The standard InChI is InChI=1S/C31H41F3N4O3/c1-6-38(16-15-36(2)3)29(39)20-37-13-11-21(12-14-37)22-7-9-26-24(17-22)25(19-31(32,33)34)30(35-26)23-8-10-27(40-4)28(18-23)41-5/h7-10,17-18,21,35H,6,11-16,19-20H2,1-5H3. The molecule has 1 saturated heterocycles.